The summed E-state index contributed by atoms with van der Waals surface area (Å²) in [6.07, 6.45) is 0. The van der Waals surface area contributed by atoms with Crippen LogP contribution in [0.2, 0.25) is 0 Å². The van der Waals surface area contributed by atoms with E-state index in [1.54, 1.807) is 30.3 Å². The molecule has 254 valence electrons. The fourth-order valence-electron chi connectivity index (χ4n) is 8.11. The fourth-order valence-corrected chi connectivity index (χ4v) is 8.11. The normalized spacial score (nSPS) is 14.7. The maximum absolute atomic E-state index is 10.0. The Balaban J connectivity index is 1.36. The van der Waals surface area contributed by atoms with E-state index in [-0.39, 0.29) is 58.8 Å². The van der Waals surface area contributed by atoms with Gasteiger partial charge < -0.3 is 4.90 Å². The molecule has 1 heteroatoms. The highest BCUT2D eigenvalue weighted by atomic mass is 15.1. The molecule has 0 N–H and O–H groups in total. The van der Waals surface area contributed by atoms with Gasteiger partial charge in [0, 0.05) is 16.9 Å². The van der Waals surface area contributed by atoms with Crippen LogP contribution in [0.4, 0.5) is 17.1 Å². The molecule has 0 aromatic heterocycles. The van der Waals surface area contributed by atoms with Gasteiger partial charge in [0.2, 0.25) is 0 Å². The second-order valence-corrected chi connectivity index (χ2v) is 13.4. The Hall–Kier alpha value is -6.96. The van der Waals surface area contributed by atoms with Crippen LogP contribution >= 0.6 is 0 Å². The third-order valence-corrected chi connectivity index (χ3v) is 10.5. The molecule has 0 radical (unpaired) electrons. The minimum Gasteiger partial charge on any atom is -0.310 e. The van der Waals surface area contributed by atoms with Gasteiger partial charge in [-0.25, -0.2) is 0 Å². The third kappa shape index (κ3) is 5.17. The molecule has 0 bridgehead atoms. The Morgan fingerprint density at radius 3 is 1.78 bits per heavy atom. The molecular formula is C53H37N. The maximum Gasteiger partial charge on any atom is 0.0714 e. The number of hydrogen-bond acceptors (Lipinski definition) is 1. The van der Waals surface area contributed by atoms with E-state index >= 15 is 0 Å². The van der Waals surface area contributed by atoms with Crippen LogP contribution in [0.3, 0.4) is 0 Å². The molecule has 0 atom stereocenters. The van der Waals surface area contributed by atoms with E-state index in [9.17, 15) is 11.0 Å². The molecule has 0 saturated heterocycles. The van der Waals surface area contributed by atoms with Gasteiger partial charge in [-0.1, -0.05) is 188 Å². The Labute approximate surface area is 328 Å². The first-order chi connectivity index (χ1) is 30.1. The van der Waals surface area contributed by atoms with Crippen LogP contribution < -0.4 is 4.90 Å². The van der Waals surface area contributed by atoms with E-state index in [0.29, 0.717) is 22.4 Å². The summed E-state index contributed by atoms with van der Waals surface area (Å²) in [6, 6.07) is 53.8. The molecule has 9 aromatic rings. The van der Waals surface area contributed by atoms with E-state index in [4.69, 9.17) is 0 Å². The van der Waals surface area contributed by atoms with Crippen LogP contribution in [0.25, 0.3) is 44.2 Å². The quantitative estimate of drug-likeness (QED) is 0.160. The number of anilines is 3. The Kier molecular flexibility index (Phi) is 5.95. The molecule has 1 aliphatic rings. The SMILES string of the molecule is [2H]c1c([2H])c(-c2ccc3ccccc3c2)c([2H])c(N(c2cccc3c2-c2ccccc2C3(c2ccccc2)c2ccccc2)c2c([2H])c([2H])c(-c3ccccc3)c([2H])c2[2H])c1[2H]. The first kappa shape index (κ1) is 24.3. The second kappa shape index (κ2) is 13.2. The van der Waals surface area contributed by atoms with E-state index in [1.807, 2.05) is 109 Å². The maximum atomic E-state index is 10.0. The van der Waals surface area contributed by atoms with Crippen LogP contribution in [-0.4, -0.2) is 0 Å². The number of nitrogens with zero attached hydrogens (tertiary/aromatic N) is 1. The molecule has 0 spiro atoms. The summed E-state index contributed by atoms with van der Waals surface area (Å²) in [5, 5.41) is 1.83. The molecular weight excluding hydrogens is 651 g/mol. The van der Waals surface area contributed by atoms with Crippen molar-refractivity contribution in [2.75, 3.05) is 4.90 Å². The van der Waals surface area contributed by atoms with Crippen molar-refractivity contribution in [2.24, 2.45) is 0 Å². The van der Waals surface area contributed by atoms with E-state index in [0.717, 1.165) is 38.6 Å². The average molecular weight is 696 g/mol. The zero-order valence-corrected chi connectivity index (χ0v) is 29.2. The molecule has 0 unspecified atom stereocenters. The Morgan fingerprint density at radius 2 is 1.04 bits per heavy atom. The van der Waals surface area contributed by atoms with Gasteiger partial charge in [0.1, 0.15) is 0 Å². The van der Waals surface area contributed by atoms with E-state index in [2.05, 4.69) is 36.4 Å². The first-order valence-corrected chi connectivity index (χ1v) is 18.0. The second-order valence-electron chi connectivity index (χ2n) is 13.4. The summed E-state index contributed by atoms with van der Waals surface area (Å²) in [7, 11) is 0. The molecule has 54 heavy (non-hydrogen) atoms. The van der Waals surface area contributed by atoms with Crippen LogP contribution in [0.1, 0.15) is 33.2 Å². The lowest BCUT2D eigenvalue weighted by molar-refractivity contribution is 0.768. The van der Waals surface area contributed by atoms with Crippen molar-refractivity contribution in [2.45, 2.75) is 5.41 Å². The van der Waals surface area contributed by atoms with Gasteiger partial charge in [-0.2, -0.15) is 0 Å². The minimum absolute atomic E-state index is 0.115. The lowest BCUT2D eigenvalue weighted by Crippen LogP contribution is -2.28. The highest BCUT2D eigenvalue weighted by Gasteiger charge is 2.47. The van der Waals surface area contributed by atoms with Crippen molar-refractivity contribution >= 4 is 27.8 Å². The highest BCUT2D eigenvalue weighted by Crippen LogP contribution is 2.59. The van der Waals surface area contributed by atoms with Crippen molar-refractivity contribution in [3.8, 4) is 33.4 Å². The monoisotopic (exact) mass is 695 g/mol. The van der Waals surface area contributed by atoms with Gasteiger partial charge >= 0.3 is 0 Å². The molecule has 9 aromatic carbocycles. The molecule has 0 heterocycles. The Bertz CT molecular complexity index is 3160. The lowest BCUT2D eigenvalue weighted by atomic mass is 9.68. The molecule has 1 aliphatic carbocycles. The smallest absolute Gasteiger partial charge is 0.0714 e. The summed E-state index contributed by atoms with van der Waals surface area (Å²) in [5.74, 6) is 0. The minimum atomic E-state index is -0.850. The molecule has 1 nitrogen and oxygen atoms in total. The van der Waals surface area contributed by atoms with Gasteiger partial charge in [0.15, 0.2) is 0 Å². The summed E-state index contributed by atoms with van der Waals surface area (Å²) < 4.78 is 76.6. The lowest BCUT2D eigenvalue weighted by Gasteiger charge is -2.34. The van der Waals surface area contributed by atoms with Crippen LogP contribution in [0, 0.1) is 0 Å². The number of rotatable bonds is 7. The number of benzene rings is 9. The van der Waals surface area contributed by atoms with Gasteiger partial charge in [0.05, 0.1) is 22.1 Å². The van der Waals surface area contributed by atoms with Crippen molar-refractivity contribution in [1.29, 1.82) is 0 Å². The van der Waals surface area contributed by atoms with Crippen LogP contribution in [0.15, 0.2) is 224 Å². The average Bonchev–Trinajstić information content (AvgIpc) is 3.62. The molecule has 10 rings (SSSR count). The summed E-state index contributed by atoms with van der Waals surface area (Å²) >= 11 is 0. The van der Waals surface area contributed by atoms with Crippen molar-refractivity contribution in [3.63, 3.8) is 0 Å². The zero-order valence-electron chi connectivity index (χ0n) is 37.2. The standard InChI is InChI=1S/C53H37N/c1-4-16-38(17-5-1)40-32-34-46(35-33-40)54(47-25-14-20-42(37-47)43-31-30-39-18-10-11-19-41(39)36-43)51-29-15-28-50-52(51)48-26-12-13-27-49(48)53(50,44-21-6-2-7-22-44)45-23-8-3-9-24-45/h1-37H/i14D,20D,25D,32D,33D,34D,35D,37D. The predicted octanol–water partition coefficient (Wildman–Crippen LogP) is 14.0. The van der Waals surface area contributed by atoms with Crippen LogP contribution in [0.5, 0.6) is 0 Å². The molecule has 0 fully saturated rings. The molecule has 0 amide bonds. The number of fused-ring (bicyclic) bond motifs is 4. The Morgan fingerprint density at radius 1 is 0.407 bits per heavy atom. The predicted molar refractivity (Wildman–Crippen MR) is 227 cm³/mol. The summed E-state index contributed by atoms with van der Waals surface area (Å²) in [5.41, 5.74) is 5.94. The fraction of sp³-hybridized carbons (Fsp3) is 0.0189. The van der Waals surface area contributed by atoms with Gasteiger partial charge in [-0.05, 0) is 97.1 Å². The van der Waals surface area contributed by atoms with E-state index in [1.165, 1.54) is 4.90 Å². The van der Waals surface area contributed by atoms with Crippen LogP contribution in [-0.2, 0) is 5.41 Å². The summed E-state index contributed by atoms with van der Waals surface area (Å²) in [4.78, 5) is 1.49. The first-order valence-electron chi connectivity index (χ1n) is 22.0. The van der Waals surface area contributed by atoms with E-state index < -0.39 is 17.5 Å². The number of hydrogen-bond donors (Lipinski definition) is 0. The largest absolute Gasteiger partial charge is 0.310 e. The van der Waals surface area contributed by atoms with Gasteiger partial charge in [-0.15, -0.1) is 0 Å². The van der Waals surface area contributed by atoms with Gasteiger partial charge in [-0.3, -0.25) is 0 Å². The van der Waals surface area contributed by atoms with Gasteiger partial charge in [0.25, 0.3) is 0 Å². The van der Waals surface area contributed by atoms with Crippen molar-refractivity contribution in [3.05, 3.63) is 247 Å². The van der Waals surface area contributed by atoms with Crippen molar-refractivity contribution < 1.29 is 11.0 Å². The molecule has 0 aliphatic heterocycles. The summed E-state index contributed by atoms with van der Waals surface area (Å²) in [6.45, 7) is 0. The third-order valence-electron chi connectivity index (χ3n) is 10.5. The molecule has 0 saturated carbocycles. The zero-order chi connectivity index (χ0) is 42.9. The topological polar surface area (TPSA) is 3.24 Å². The highest BCUT2D eigenvalue weighted by molar-refractivity contribution is 5.98. The van der Waals surface area contributed by atoms with Crippen molar-refractivity contribution in [1.82, 2.24) is 0 Å².